The van der Waals surface area contributed by atoms with Crippen molar-refractivity contribution in [2.75, 3.05) is 43.9 Å². The molecule has 20 heavy (non-hydrogen) atoms. The second kappa shape index (κ2) is 7.13. The van der Waals surface area contributed by atoms with Crippen LogP contribution in [0.25, 0.3) is 0 Å². The van der Waals surface area contributed by atoms with Crippen LogP contribution in [0.4, 0.5) is 11.4 Å². The molecule has 0 saturated carbocycles. The van der Waals surface area contributed by atoms with Crippen LogP contribution in [0.3, 0.4) is 0 Å². The molecule has 2 rings (SSSR count). The van der Waals surface area contributed by atoms with Crippen molar-refractivity contribution in [1.29, 1.82) is 5.26 Å². The Kier molecular flexibility index (Phi) is 5.22. The van der Waals surface area contributed by atoms with Gasteiger partial charge in [-0.3, -0.25) is 4.90 Å². The van der Waals surface area contributed by atoms with E-state index in [0.29, 0.717) is 18.2 Å². The van der Waals surface area contributed by atoms with Crippen molar-refractivity contribution in [3.05, 3.63) is 23.8 Å². The van der Waals surface area contributed by atoms with Crippen molar-refractivity contribution >= 4 is 11.4 Å². The minimum absolute atomic E-state index is 0.340. The van der Waals surface area contributed by atoms with Crippen molar-refractivity contribution in [1.82, 2.24) is 4.90 Å². The van der Waals surface area contributed by atoms with Gasteiger partial charge in [0, 0.05) is 37.1 Å². The Labute approximate surface area is 120 Å². The molecule has 0 aromatic heterocycles. The monoisotopic (exact) mass is 274 g/mol. The summed E-state index contributed by atoms with van der Waals surface area (Å²) in [6, 6.07) is 8.27. The van der Waals surface area contributed by atoms with Gasteiger partial charge in [-0.25, -0.2) is 0 Å². The zero-order chi connectivity index (χ0) is 14.4. The Balaban J connectivity index is 1.91. The molecule has 1 aliphatic heterocycles. The molecule has 1 saturated heterocycles. The van der Waals surface area contributed by atoms with Crippen LogP contribution < -0.4 is 11.1 Å². The average molecular weight is 274 g/mol. The van der Waals surface area contributed by atoms with E-state index in [2.05, 4.69) is 23.2 Å². The molecule has 1 aromatic rings. The third-order valence-corrected chi connectivity index (χ3v) is 3.46. The van der Waals surface area contributed by atoms with E-state index in [9.17, 15) is 0 Å². The molecule has 1 unspecified atom stereocenters. The maximum Gasteiger partial charge on any atom is 0.0670 e. The fourth-order valence-corrected chi connectivity index (χ4v) is 2.43. The number of rotatable bonds is 5. The first-order chi connectivity index (χ1) is 9.69. The quantitative estimate of drug-likeness (QED) is 0.795. The Morgan fingerprint density at radius 2 is 2.20 bits per heavy atom. The van der Waals surface area contributed by atoms with E-state index in [1.807, 2.05) is 18.2 Å². The lowest BCUT2D eigenvalue weighted by Crippen LogP contribution is -2.42. The van der Waals surface area contributed by atoms with Crippen molar-refractivity contribution in [2.24, 2.45) is 0 Å². The number of hydrogen-bond donors (Lipinski definition) is 2. The molecule has 0 radical (unpaired) electrons. The number of morpholine rings is 1. The van der Waals surface area contributed by atoms with Gasteiger partial charge in [0.05, 0.1) is 25.7 Å². The van der Waals surface area contributed by atoms with Crippen molar-refractivity contribution in [2.45, 2.75) is 19.4 Å². The highest BCUT2D eigenvalue weighted by Crippen LogP contribution is 2.19. The largest absolute Gasteiger partial charge is 0.398 e. The molecule has 1 aliphatic rings. The van der Waals surface area contributed by atoms with Crippen molar-refractivity contribution < 1.29 is 4.74 Å². The standard InChI is InChI=1S/C15H22N4O/c1-12(11-19-6-8-20-9-7-19)18-14-2-3-15(17)13(10-14)4-5-16/h2-3,10,12,18H,4,6-9,11,17H2,1H3. The molecule has 1 heterocycles. The Morgan fingerprint density at radius 3 is 2.90 bits per heavy atom. The lowest BCUT2D eigenvalue weighted by Gasteiger charge is -2.29. The number of nitriles is 1. The highest BCUT2D eigenvalue weighted by molar-refractivity contribution is 5.58. The van der Waals surface area contributed by atoms with Crippen molar-refractivity contribution in [3.8, 4) is 6.07 Å². The minimum Gasteiger partial charge on any atom is -0.398 e. The second-order valence-corrected chi connectivity index (χ2v) is 5.21. The number of nitrogens with two attached hydrogens (primary N) is 1. The maximum atomic E-state index is 8.79. The van der Waals surface area contributed by atoms with Gasteiger partial charge in [-0.2, -0.15) is 5.26 Å². The summed E-state index contributed by atoms with van der Waals surface area (Å²) < 4.78 is 5.35. The highest BCUT2D eigenvalue weighted by atomic mass is 16.5. The van der Waals surface area contributed by atoms with Crippen LogP contribution in [0.2, 0.25) is 0 Å². The summed E-state index contributed by atoms with van der Waals surface area (Å²) in [5, 5.41) is 12.3. The van der Waals surface area contributed by atoms with Crippen LogP contribution in [-0.4, -0.2) is 43.8 Å². The smallest absolute Gasteiger partial charge is 0.0670 e. The summed E-state index contributed by atoms with van der Waals surface area (Å²) in [7, 11) is 0. The highest BCUT2D eigenvalue weighted by Gasteiger charge is 2.13. The van der Waals surface area contributed by atoms with Crippen LogP contribution in [0.15, 0.2) is 18.2 Å². The third kappa shape index (κ3) is 4.12. The van der Waals surface area contributed by atoms with Gasteiger partial charge < -0.3 is 15.8 Å². The van der Waals surface area contributed by atoms with Gasteiger partial charge in [0.25, 0.3) is 0 Å². The molecule has 0 spiro atoms. The average Bonchev–Trinajstić information content (AvgIpc) is 2.44. The first-order valence-electron chi connectivity index (χ1n) is 7.01. The van der Waals surface area contributed by atoms with E-state index in [-0.39, 0.29) is 0 Å². The fourth-order valence-electron chi connectivity index (χ4n) is 2.43. The van der Waals surface area contributed by atoms with E-state index in [1.165, 1.54) is 0 Å². The number of hydrogen-bond acceptors (Lipinski definition) is 5. The third-order valence-electron chi connectivity index (χ3n) is 3.46. The number of anilines is 2. The van der Waals surface area contributed by atoms with Gasteiger partial charge in [-0.1, -0.05) is 0 Å². The van der Waals surface area contributed by atoms with Gasteiger partial charge in [0.1, 0.15) is 0 Å². The molecule has 3 N–H and O–H groups in total. The molecule has 0 bridgehead atoms. The summed E-state index contributed by atoms with van der Waals surface area (Å²) in [5.41, 5.74) is 8.44. The number of ether oxygens (including phenoxy) is 1. The van der Waals surface area contributed by atoms with Crippen LogP contribution in [0.5, 0.6) is 0 Å². The normalized spacial score (nSPS) is 17.4. The SMILES string of the molecule is CC(CN1CCOCC1)Nc1ccc(N)c(CC#N)c1. The van der Waals surface area contributed by atoms with E-state index in [1.54, 1.807) is 0 Å². The first kappa shape index (κ1) is 14.6. The van der Waals surface area contributed by atoms with E-state index in [4.69, 9.17) is 15.7 Å². The summed E-state index contributed by atoms with van der Waals surface area (Å²) in [6.45, 7) is 6.78. The minimum atomic E-state index is 0.340. The Morgan fingerprint density at radius 1 is 1.45 bits per heavy atom. The van der Waals surface area contributed by atoms with Gasteiger partial charge >= 0.3 is 0 Å². The lowest BCUT2D eigenvalue weighted by atomic mass is 10.1. The van der Waals surface area contributed by atoms with Crippen molar-refractivity contribution in [3.63, 3.8) is 0 Å². The number of nitrogens with one attached hydrogen (secondary N) is 1. The van der Waals surface area contributed by atoms with Gasteiger partial charge in [-0.15, -0.1) is 0 Å². The fraction of sp³-hybridized carbons (Fsp3) is 0.533. The zero-order valence-corrected chi connectivity index (χ0v) is 11.9. The second-order valence-electron chi connectivity index (χ2n) is 5.21. The topological polar surface area (TPSA) is 74.3 Å². The summed E-state index contributed by atoms with van der Waals surface area (Å²) in [6.07, 6.45) is 0.346. The number of nitrogens with zero attached hydrogens (tertiary/aromatic N) is 2. The van der Waals surface area contributed by atoms with Gasteiger partial charge in [0.2, 0.25) is 0 Å². The van der Waals surface area contributed by atoms with Gasteiger partial charge in [0.15, 0.2) is 0 Å². The van der Waals surface area contributed by atoms with E-state index >= 15 is 0 Å². The molecule has 1 aromatic carbocycles. The zero-order valence-electron chi connectivity index (χ0n) is 11.9. The van der Waals surface area contributed by atoms with E-state index < -0.39 is 0 Å². The molecule has 1 fully saturated rings. The molecule has 1 atom stereocenters. The van der Waals surface area contributed by atoms with Crippen LogP contribution in [-0.2, 0) is 11.2 Å². The number of nitrogen functional groups attached to an aromatic ring is 1. The number of benzene rings is 1. The molecule has 0 aliphatic carbocycles. The Bertz CT molecular complexity index is 477. The van der Waals surface area contributed by atoms with Crippen LogP contribution >= 0.6 is 0 Å². The maximum absolute atomic E-state index is 8.79. The molecule has 5 nitrogen and oxygen atoms in total. The van der Waals surface area contributed by atoms with Crippen LogP contribution in [0, 0.1) is 11.3 Å². The molecule has 108 valence electrons. The van der Waals surface area contributed by atoms with Crippen LogP contribution in [0.1, 0.15) is 12.5 Å². The first-order valence-corrected chi connectivity index (χ1v) is 7.01. The Hall–Kier alpha value is -1.77. The summed E-state index contributed by atoms with van der Waals surface area (Å²) >= 11 is 0. The van der Waals surface area contributed by atoms with Gasteiger partial charge in [-0.05, 0) is 30.7 Å². The molecule has 0 amide bonds. The molecule has 5 heteroatoms. The predicted molar refractivity (Wildman–Crippen MR) is 80.5 cm³/mol. The van der Waals surface area contributed by atoms with E-state index in [0.717, 1.165) is 44.1 Å². The molecular weight excluding hydrogens is 252 g/mol. The summed E-state index contributed by atoms with van der Waals surface area (Å²) in [4.78, 5) is 2.40. The molecular formula is C15H22N4O. The summed E-state index contributed by atoms with van der Waals surface area (Å²) in [5.74, 6) is 0. The predicted octanol–water partition coefficient (Wildman–Crippen LogP) is 1.47. The lowest BCUT2D eigenvalue weighted by molar-refractivity contribution is 0.0368.